The van der Waals surface area contributed by atoms with E-state index in [2.05, 4.69) is 4.99 Å². The van der Waals surface area contributed by atoms with Gasteiger partial charge in [0.15, 0.2) is 5.04 Å². The van der Waals surface area contributed by atoms with Gasteiger partial charge in [-0.3, -0.25) is 0 Å². The van der Waals surface area contributed by atoms with E-state index in [0.717, 1.165) is 0 Å². The number of halogens is 3. The molecule has 2 N–H and O–H groups in total. The summed E-state index contributed by atoms with van der Waals surface area (Å²) in [6, 6.07) is 0. The van der Waals surface area contributed by atoms with E-state index in [9.17, 15) is 13.2 Å². The highest BCUT2D eigenvalue weighted by atomic mass is 32.2. The monoisotopic (exact) mass is 226 g/mol. The number of aliphatic imine (C=N–C) groups is 1. The lowest BCUT2D eigenvalue weighted by Crippen LogP contribution is -2.20. The van der Waals surface area contributed by atoms with Gasteiger partial charge in [-0.2, -0.15) is 13.2 Å². The van der Waals surface area contributed by atoms with Gasteiger partial charge in [0, 0.05) is 6.54 Å². The molecule has 0 rings (SSSR count). The number of hydrogen-bond acceptors (Lipinski definition) is 3. The van der Waals surface area contributed by atoms with Crippen molar-refractivity contribution in [1.82, 2.24) is 0 Å². The zero-order chi connectivity index (χ0) is 11.2. The number of hydrogen-bond donors (Lipinski definition) is 1. The van der Waals surface area contributed by atoms with Crippen LogP contribution >= 0.6 is 11.8 Å². The molecule has 0 radical (unpaired) electrons. The van der Waals surface area contributed by atoms with Gasteiger partial charge in [0.1, 0.15) is 0 Å². The minimum atomic E-state index is -4.39. The van der Waals surface area contributed by atoms with Crippen LogP contribution in [0.2, 0.25) is 0 Å². The summed E-state index contributed by atoms with van der Waals surface area (Å²) in [6.07, 6.45) is -0.842. The second-order valence-corrected chi connectivity index (χ2v) is 3.22. The SMILES string of the molecule is CC/C=C(CN)/N=C(\SC)C(F)(F)F. The molecule has 6 heteroatoms. The van der Waals surface area contributed by atoms with E-state index in [-0.39, 0.29) is 12.2 Å². The van der Waals surface area contributed by atoms with Crippen LogP contribution in [0.1, 0.15) is 13.3 Å². The van der Waals surface area contributed by atoms with Crippen LogP contribution in [0.4, 0.5) is 13.2 Å². The third-order valence-corrected chi connectivity index (χ3v) is 2.04. The van der Waals surface area contributed by atoms with E-state index in [0.29, 0.717) is 18.2 Å². The molecule has 0 spiro atoms. The molecular weight excluding hydrogens is 213 g/mol. The van der Waals surface area contributed by atoms with Gasteiger partial charge >= 0.3 is 6.18 Å². The number of alkyl halides is 3. The van der Waals surface area contributed by atoms with Crippen LogP contribution in [-0.2, 0) is 0 Å². The fourth-order valence-corrected chi connectivity index (χ4v) is 1.21. The quantitative estimate of drug-likeness (QED) is 0.593. The minimum Gasteiger partial charge on any atom is -0.325 e. The zero-order valence-electron chi connectivity index (χ0n) is 8.06. The average molecular weight is 226 g/mol. The third-order valence-electron chi connectivity index (χ3n) is 1.33. The van der Waals surface area contributed by atoms with Gasteiger partial charge in [0.25, 0.3) is 0 Å². The molecule has 0 amide bonds. The molecule has 0 fully saturated rings. The maximum absolute atomic E-state index is 12.2. The summed E-state index contributed by atoms with van der Waals surface area (Å²) in [7, 11) is 0. The predicted molar refractivity (Wildman–Crippen MR) is 54.4 cm³/mol. The molecule has 0 unspecified atom stereocenters. The first kappa shape index (κ1) is 13.5. The van der Waals surface area contributed by atoms with Gasteiger partial charge in [-0.05, 0) is 12.7 Å². The lowest BCUT2D eigenvalue weighted by atomic mass is 10.3. The predicted octanol–water partition coefficient (Wildman–Crippen LogP) is 2.56. The lowest BCUT2D eigenvalue weighted by molar-refractivity contribution is -0.0554. The highest BCUT2D eigenvalue weighted by molar-refractivity contribution is 8.13. The summed E-state index contributed by atoms with van der Waals surface area (Å²) in [5.41, 5.74) is 5.53. The highest BCUT2D eigenvalue weighted by Gasteiger charge is 2.35. The molecule has 14 heavy (non-hydrogen) atoms. The van der Waals surface area contributed by atoms with Gasteiger partial charge < -0.3 is 5.73 Å². The second-order valence-electron chi connectivity index (χ2n) is 2.43. The zero-order valence-corrected chi connectivity index (χ0v) is 8.87. The number of nitrogens with zero attached hydrogens (tertiary/aromatic N) is 1. The number of nitrogens with two attached hydrogens (primary N) is 1. The summed E-state index contributed by atoms with van der Waals surface area (Å²) in [5, 5.41) is -0.859. The molecule has 0 saturated carbocycles. The summed E-state index contributed by atoms with van der Waals surface area (Å²) in [4.78, 5) is 3.46. The first-order chi connectivity index (χ1) is 6.45. The van der Waals surface area contributed by atoms with Crippen LogP contribution in [0.15, 0.2) is 16.8 Å². The molecule has 0 saturated heterocycles. The normalized spacial score (nSPS) is 14.7. The maximum atomic E-state index is 12.2. The van der Waals surface area contributed by atoms with Crippen molar-refractivity contribution >= 4 is 16.8 Å². The fraction of sp³-hybridized carbons (Fsp3) is 0.625. The van der Waals surface area contributed by atoms with Crippen molar-refractivity contribution in [1.29, 1.82) is 0 Å². The first-order valence-corrected chi connectivity index (χ1v) is 5.27. The van der Waals surface area contributed by atoms with Crippen molar-refractivity contribution in [2.24, 2.45) is 10.7 Å². The van der Waals surface area contributed by atoms with Gasteiger partial charge in [-0.15, -0.1) is 11.8 Å². The Morgan fingerprint density at radius 1 is 1.50 bits per heavy atom. The van der Waals surface area contributed by atoms with E-state index in [1.807, 2.05) is 6.92 Å². The van der Waals surface area contributed by atoms with Gasteiger partial charge in [0.2, 0.25) is 0 Å². The van der Waals surface area contributed by atoms with Crippen molar-refractivity contribution in [3.63, 3.8) is 0 Å². The van der Waals surface area contributed by atoms with Crippen molar-refractivity contribution in [3.8, 4) is 0 Å². The van der Waals surface area contributed by atoms with Crippen molar-refractivity contribution in [2.75, 3.05) is 12.8 Å². The Kier molecular flexibility index (Phi) is 5.87. The number of allylic oxidation sites excluding steroid dienone is 1. The van der Waals surface area contributed by atoms with Gasteiger partial charge in [0.05, 0.1) is 5.70 Å². The van der Waals surface area contributed by atoms with Crippen molar-refractivity contribution in [2.45, 2.75) is 19.5 Å². The summed E-state index contributed by atoms with van der Waals surface area (Å²) in [5.74, 6) is 0. The molecule has 0 bridgehead atoms. The molecule has 0 aromatic rings. The van der Waals surface area contributed by atoms with Gasteiger partial charge in [-0.1, -0.05) is 13.0 Å². The Morgan fingerprint density at radius 3 is 2.36 bits per heavy atom. The largest absolute Gasteiger partial charge is 0.439 e. The maximum Gasteiger partial charge on any atom is 0.439 e. The molecule has 0 aliphatic carbocycles. The smallest absolute Gasteiger partial charge is 0.325 e. The van der Waals surface area contributed by atoms with E-state index in [1.54, 1.807) is 6.08 Å². The van der Waals surface area contributed by atoms with Crippen LogP contribution < -0.4 is 5.73 Å². The van der Waals surface area contributed by atoms with Crippen LogP contribution in [0.3, 0.4) is 0 Å². The standard InChI is InChI=1S/C8H13F3N2S/c1-3-4-6(5-12)13-7(14-2)8(9,10)11/h4H,3,5,12H2,1-2H3/b6-4+,13-7-. The van der Waals surface area contributed by atoms with Gasteiger partial charge in [-0.25, -0.2) is 4.99 Å². The Labute approximate surface area is 85.5 Å². The van der Waals surface area contributed by atoms with Crippen LogP contribution in [0.25, 0.3) is 0 Å². The number of rotatable bonds is 3. The Balaban J connectivity index is 4.82. The molecule has 0 heterocycles. The fourth-order valence-electron chi connectivity index (χ4n) is 0.765. The van der Waals surface area contributed by atoms with Crippen LogP contribution in [0.5, 0.6) is 0 Å². The van der Waals surface area contributed by atoms with Crippen LogP contribution in [0, 0.1) is 0 Å². The summed E-state index contributed by atoms with van der Waals surface area (Å²) in [6.45, 7) is 1.84. The van der Waals surface area contributed by atoms with E-state index in [4.69, 9.17) is 5.73 Å². The Bertz CT molecular complexity index is 233. The topological polar surface area (TPSA) is 38.4 Å². The number of thioether (sulfide) groups is 1. The third kappa shape index (κ3) is 4.66. The molecule has 0 aliphatic heterocycles. The molecule has 2 nitrogen and oxygen atoms in total. The molecule has 0 aromatic heterocycles. The molecule has 0 aliphatic rings. The molecular formula is C8H13F3N2S. The van der Waals surface area contributed by atoms with Crippen molar-refractivity contribution in [3.05, 3.63) is 11.8 Å². The van der Waals surface area contributed by atoms with E-state index >= 15 is 0 Å². The Hall–Kier alpha value is -0.490. The van der Waals surface area contributed by atoms with E-state index in [1.165, 1.54) is 6.26 Å². The summed E-state index contributed by atoms with van der Waals surface area (Å²) >= 11 is 0.575. The van der Waals surface area contributed by atoms with Crippen molar-refractivity contribution < 1.29 is 13.2 Å². The van der Waals surface area contributed by atoms with E-state index < -0.39 is 11.2 Å². The second kappa shape index (κ2) is 6.08. The Morgan fingerprint density at radius 2 is 2.07 bits per heavy atom. The molecule has 82 valence electrons. The lowest BCUT2D eigenvalue weighted by Gasteiger charge is -2.08. The average Bonchev–Trinajstić information content (AvgIpc) is 2.10. The molecule has 0 atom stereocenters. The highest BCUT2D eigenvalue weighted by Crippen LogP contribution is 2.24. The summed E-state index contributed by atoms with van der Waals surface area (Å²) < 4.78 is 36.7. The first-order valence-electron chi connectivity index (χ1n) is 4.04. The molecule has 0 aromatic carbocycles. The van der Waals surface area contributed by atoms with Crippen LogP contribution in [-0.4, -0.2) is 24.0 Å². The minimum absolute atomic E-state index is 0.0218.